The summed E-state index contributed by atoms with van der Waals surface area (Å²) in [5.41, 5.74) is 0. The molecule has 0 unspecified atom stereocenters. The molecule has 64 valence electrons. The van der Waals surface area contributed by atoms with Gasteiger partial charge in [0.1, 0.15) is 0 Å². The summed E-state index contributed by atoms with van der Waals surface area (Å²) in [6.45, 7) is 0. The van der Waals surface area contributed by atoms with E-state index < -0.39 is 0 Å². The summed E-state index contributed by atoms with van der Waals surface area (Å²) in [6.07, 6.45) is 9.31. The van der Waals surface area contributed by atoms with E-state index in [2.05, 4.69) is 0 Å². The van der Waals surface area contributed by atoms with Crippen LogP contribution >= 0.6 is 0 Å². The van der Waals surface area contributed by atoms with E-state index in [1.54, 1.807) is 19.3 Å². The minimum Gasteiger partial charge on any atom is -1.00 e. The predicted molar refractivity (Wildman–Crippen MR) is 41.4 cm³/mol. The maximum atomic E-state index is 1.93. The molecule has 12 heavy (non-hydrogen) atoms. The van der Waals surface area contributed by atoms with E-state index in [1.165, 1.54) is 19.3 Å². The van der Waals surface area contributed by atoms with Gasteiger partial charge in [0, 0.05) is 0 Å². The van der Waals surface area contributed by atoms with Crippen LogP contribution in [0.4, 0.5) is 0 Å². The van der Waals surface area contributed by atoms with E-state index >= 15 is 0 Å². The molecule has 0 aliphatic heterocycles. The molecule has 0 atom stereocenters. The summed E-state index contributed by atoms with van der Waals surface area (Å²) in [5, 5.41) is 0. The average Bonchev–Trinajstić information content (AvgIpc) is 1.82. The quantitative estimate of drug-likeness (QED) is 0.403. The molecule has 4 fully saturated rings. The van der Waals surface area contributed by atoms with Crippen LogP contribution < -0.4 is 12.4 Å². The molecule has 4 saturated carbocycles. The molecule has 0 saturated heterocycles. The molecule has 4 aliphatic carbocycles. The molecule has 0 heterocycles. The van der Waals surface area contributed by atoms with E-state index in [4.69, 9.17) is 0 Å². The van der Waals surface area contributed by atoms with Gasteiger partial charge in [-0.1, -0.05) is 37.0 Å². The van der Waals surface area contributed by atoms with Crippen molar-refractivity contribution in [1.82, 2.24) is 0 Å². The van der Waals surface area contributed by atoms with E-state index in [0.717, 1.165) is 17.8 Å². The normalized spacial score (nSPS) is 43.5. The van der Waals surface area contributed by atoms with Crippen molar-refractivity contribution < 1.29 is 31.9 Å². The molecule has 0 radical (unpaired) electrons. The molecule has 0 aromatic rings. The van der Waals surface area contributed by atoms with Crippen LogP contribution in [-0.4, -0.2) is 0 Å². The van der Waals surface area contributed by atoms with E-state index in [-0.39, 0.29) is 31.9 Å². The fraction of sp³-hybridized carbons (Fsp3) is 0.900. The Labute approximate surface area is 94.0 Å². The summed E-state index contributed by atoms with van der Waals surface area (Å²) in [4.78, 5) is 0. The second-order valence-electron chi connectivity index (χ2n) is 4.67. The molecule has 0 nitrogen and oxygen atoms in total. The largest absolute Gasteiger partial charge is 2.00 e. The molecule has 0 aromatic heterocycles. The smallest absolute Gasteiger partial charge is 1.00 e. The third kappa shape index (κ3) is 1.73. The van der Waals surface area contributed by atoms with Crippen molar-refractivity contribution in [2.75, 3.05) is 0 Å². The maximum Gasteiger partial charge on any atom is 2.00 e. The number of rotatable bonds is 0. The standard InChI is InChI=1S/C10H15.ClH.Zn/c1-7-2-9-4-8(1)5-10(3-7)6-9;;/h7-9H,1-6H2;1H;/q-1;;+2/p-1. The van der Waals surface area contributed by atoms with Gasteiger partial charge in [-0.3, -0.25) is 0 Å². The van der Waals surface area contributed by atoms with Crippen LogP contribution in [-0.2, 0) is 19.5 Å². The zero-order valence-corrected chi connectivity index (χ0v) is 11.3. The molecule has 4 rings (SSSR count). The van der Waals surface area contributed by atoms with Gasteiger partial charge in [0.2, 0.25) is 0 Å². The van der Waals surface area contributed by atoms with Gasteiger partial charge in [0.15, 0.2) is 0 Å². The Bertz CT molecular complexity index is 101. The topological polar surface area (TPSA) is 0 Å². The van der Waals surface area contributed by atoms with Crippen LogP contribution in [0.1, 0.15) is 38.5 Å². The fourth-order valence-electron chi connectivity index (χ4n) is 3.68. The second-order valence-corrected chi connectivity index (χ2v) is 4.67. The first-order valence-electron chi connectivity index (χ1n) is 4.73. The van der Waals surface area contributed by atoms with Gasteiger partial charge in [0.25, 0.3) is 0 Å². The van der Waals surface area contributed by atoms with Gasteiger partial charge < -0.3 is 18.3 Å². The van der Waals surface area contributed by atoms with Crippen LogP contribution in [0.15, 0.2) is 0 Å². The first-order chi connectivity index (χ1) is 4.90. The second kappa shape index (κ2) is 3.97. The van der Waals surface area contributed by atoms with Gasteiger partial charge in [-0.05, 0) is 0 Å². The third-order valence-corrected chi connectivity index (χ3v) is 3.73. The van der Waals surface area contributed by atoms with Crippen molar-refractivity contribution in [3.05, 3.63) is 5.92 Å². The van der Waals surface area contributed by atoms with Crippen molar-refractivity contribution in [3.63, 3.8) is 0 Å². The Morgan fingerprint density at radius 3 is 1.33 bits per heavy atom. The van der Waals surface area contributed by atoms with Gasteiger partial charge in [-0.25, -0.2) is 0 Å². The summed E-state index contributed by atoms with van der Waals surface area (Å²) in [6, 6.07) is 0. The van der Waals surface area contributed by atoms with E-state index in [0.29, 0.717) is 0 Å². The first-order valence-corrected chi connectivity index (χ1v) is 4.73. The van der Waals surface area contributed by atoms with Crippen molar-refractivity contribution in [1.29, 1.82) is 0 Å². The van der Waals surface area contributed by atoms with Crippen molar-refractivity contribution in [2.24, 2.45) is 17.8 Å². The van der Waals surface area contributed by atoms with Crippen molar-refractivity contribution in [3.8, 4) is 0 Å². The van der Waals surface area contributed by atoms with E-state index in [1.807, 2.05) is 5.92 Å². The Balaban J connectivity index is 0.000000360. The Kier molecular flexibility index (Phi) is 3.63. The van der Waals surface area contributed by atoms with Crippen molar-refractivity contribution >= 4 is 0 Å². The fourth-order valence-corrected chi connectivity index (χ4v) is 3.68. The molecule has 0 N–H and O–H groups in total. The SMILES string of the molecule is C1[C-]2CC3CC1CC(C2)C3.[Cl-].[Zn+2]. The number of hydrogen-bond acceptors (Lipinski definition) is 0. The van der Waals surface area contributed by atoms with Gasteiger partial charge >= 0.3 is 19.5 Å². The molecule has 2 heteroatoms. The first kappa shape index (κ1) is 11.0. The van der Waals surface area contributed by atoms with Crippen LogP contribution in [0.5, 0.6) is 0 Å². The van der Waals surface area contributed by atoms with Gasteiger partial charge in [-0.2, -0.15) is 19.3 Å². The summed E-state index contributed by atoms with van der Waals surface area (Å²) < 4.78 is 0. The number of hydrogen-bond donors (Lipinski definition) is 0. The Morgan fingerprint density at radius 1 is 0.750 bits per heavy atom. The van der Waals surface area contributed by atoms with Crippen molar-refractivity contribution in [2.45, 2.75) is 38.5 Å². The molecule has 4 bridgehead atoms. The molecule has 0 aromatic carbocycles. The summed E-state index contributed by atoms with van der Waals surface area (Å²) >= 11 is 0. The van der Waals surface area contributed by atoms with Crippen LogP contribution in [0.3, 0.4) is 0 Å². The van der Waals surface area contributed by atoms with E-state index in [9.17, 15) is 0 Å². The molecular formula is C10H15ClZn. The Morgan fingerprint density at radius 2 is 1.08 bits per heavy atom. The predicted octanol–water partition coefficient (Wildman–Crippen LogP) is -0.208. The average molecular weight is 236 g/mol. The Hall–Kier alpha value is 0.913. The zero-order chi connectivity index (χ0) is 6.55. The third-order valence-electron chi connectivity index (χ3n) is 3.73. The van der Waals surface area contributed by atoms with Crippen LogP contribution in [0, 0.1) is 23.7 Å². The number of halogens is 1. The molecule has 0 amide bonds. The van der Waals surface area contributed by atoms with Crippen LogP contribution in [0.25, 0.3) is 0 Å². The zero-order valence-electron chi connectivity index (χ0n) is 7.56. The van der Waals surface area contributed by atoms with Gasteiger partial charge in [-0.15, -0.1) is 0 Å². The summed E-state index contributed by atoms with van der Waals surface area (Å²) in [7, 11) is 0. The minimum absolute atomic E-state index is 0. The monoisotopic (exact) mass is 234 g/mol. The van der Waals surface area contributed by atoms with Gasteiger partial charge in [0.05, 0.1) is 0 Å². The molecule has 0 spiro atoms. The molecular weight excluding hydrogens is 221 g/mol. The summed E-state index contributed by atoms with van der Waals surface area (Å²) in [5.74, 6) is 5.35. The maximum absolute atomic E-state index is 1.93. The molecule has 4 aliphatic rings. The minimum atomic E-state index is 0. The van der Waals surface area contributed by atoms with Crippen LogP contribution in [0.2, 0.25) is 0 Å².